The Labute approximate surface area is 115 Å². The summed E-state index contributed by atoms with van der Waals surface area (Å²) in [5.74, 6) is 0. The Balaban J connectivity index is 2.39. The maximum Gasteiger partial charge on any atom is 0.222 e. The van der Waals surface area contributed by atoms with Gasteiger partial charge < -0.3 is 5.11 Å². The normalized spacial score (nSPS) is 13.2. The Bertz CT molecular complexity index is 686. The highest BCUT2D eigenvalue weighted by molar-refractivity contribution is 7.90. The van der Waals surface area contributed by atoms with E-state index in [1.54, 1.807) is 12.1 Å². The van der Waals surface area contributed by atoms with Gasteiger partial charge in [0.15, 0.2) is 9.84 Å². The molecule has 1 aromatic heterocycles. The average Bonchev–Trinajstić information content (AvgIpc) is 2.38. The van der Waals surface area contributed by atoms with E-state index in [1.807, 2.05) is 0 Å². The van der Waals surface area contributed by atoms with Gasteiger partial charge in [0, 0.05) is 24.2 Å². The van der Waals surface area contributed by atoms with Crippen molar-refractivity contribution < 1.29 is 13.5 Å². The van der Waals surface area contributed by atoms with Gasteiger partial charge in [-0.05, 0) is 29.3 Å². The van der Waals surface area contributed by atoms with Crippen molar-refractivity contribution in [2.45, 2.75) is 11.0 Å². The number of hydrogen-bond donors (Lipinski definition) is 1. The molecule has 1 aromatic carbocycles. The highest BCUT2D eigenvalue weighted by Gasteiger charge is 2.14. The first-order valence-electron chi connectivity index (χ1n) is 5.33. The van der Waals surface area contributed by atoms with Crippen LogP contribution in [-0.4, -0.2) is 29.7 Å². The SMILES string of the molecule is CS(=O)(=O)c1cccc(C(O)c2cnc(Cl)nc2)c1. The van der Waals surface area contributed by atoms with E-state index in [2.05, 4.69) is 9.97 Å². The van der Waals surface area contributed by atoms with E-state index >= 15 is 0 Å². The zero-order valence-corrected chi connectivity index (χ0v) is 11.6. The van der Waals surface area contributed by atoms with Crippen LogP contribution in [0.25, 0.3) is 0 Å². The molecule has 0 fully saturated rings. The topological polar surface area (TPSA) is 80.2 Å². The van der Waals surface area contributed by atoms with Crippen molar-refractivity contribution in [1.29, 1.82) is 0 Å². The molecule has 0 saturated carbocycles. The van der Waals surface area contributed by atoms with Crippen molar-refractivity contribution in [2.24, 2.45) is 0 Å². The number of rotatable bonds is 3. The van der Waals surface area contributed by atoms with E-state index in [9.17, 15) is 13.5 Å². The molecular formula is C12H11ClN2O3S. The van der Waals surface area contributed by atoms with Crippen molar-refractivity contribution in [3.05, 3.63) is 53.1 Å². The van der Waals surface area contributed by atoms with Crippen molar-refractivity contribution >= 4 is 21.4 Å². The highest BCUT2D eigenvalue weighted by atomic mass is 35.5. The molecule has 0 aliphatic rings. The first-order chi connectivity index (χ1) is 8.88. The molecule has 2 rings (SSSR count). The van der Waals surface area contributed by atoms with Crippen LogP contribution in [0.1, 0.15) is 17.2 Å². The summed E-state index contributed by atoms with van der Waals surface area (Å²) in [6.07, 6.45) is 2.91. The molecular weight excluding hydrogens is 288 g/mol. The number of aliphatic hydroxyl groups excluding tert-OH is 1. The zero-order chi connectivity index (χ0) is 14.0. The maximum atomic E-state index is 11.5. The summed E-state index contributed by atoms with van der Waals surface area (Å²) in [4.78, 5) is 7.70. The van der Waals surface area contributed by atoms with Crippen LogP contribution in [0.3, 0.4) is 0 Å². The molecule has 100 valence electrons. The molecule has 0 radical (unpaired) electrons. The molecule has 0 amide bonds. The number of nitrogens with zero attached hydrogens (tertiary/aromatic N) is 2. The predicted octanol–water partition coefficient (Wildman–Crippen LogP) is 1.62. The van der Waals surface area contributed by atoms with Gasteiger partial charge in [-0.3, -0.25) is 0 Å². The zero-order valence-electron chi connectivity index (χ0n) is 9.99. The molecule has 2 aromatic rings. The van der Waals surface area contributed by atoms with Crippen LogP contribution in [0, 0.1) is 0 Å². The lowest BCUT2D eigenvalue weighted by Gasteiger charge is -2.11. The van der Waals surface area contributed by atoms with E-state index in [0.29, 0.717) is 11.1 Å². The molecule has 1 unspecified atom stereocenters. The fraction of sp³-hybridized carbons (Fsp3) is 0.167. The summed E-state index contributed by atoms with van der Waals surface area (Å²) in [5.41, 5.74) is 0.892. The first-order valence-corrected chi connectivity index (χ1v) is 7.60. The van der Waals surface area contributed by atoms with E-state index in [-0.39, 0.29) is 10.2 Å². The molecule has 5 nitrogen and oxygen atoms in total. The number of sulfone groups is 1. The van der Waals surface area contributed by atoms with Crippen LogP contribution in [0.5, 0.6) is 0 Å². The van der Waals surface area contributed by atoms with Gasteiger partial charge in [-0.15, -0.1) is 0 Å². The Kier molecular flexibility index (Phi) is 3.84. The minimum absolute atomic E-state index is 0.0841. The number of aliphatic hydroxyl groups is 1. The third kappa shape index (κ3) is 3.28. The van der Waals surface area contributed by atoms with Gasteiger partial charge in [-0.2, -0.15) is 0 Å². The Morgan fingerprint density at radius 1 is 1.21 bits per heavy atom. The van der Waals surface area contributed by atoms with Crippen molar-refractivity contribution in [3.8, 4) is 0 Å². The average molecular weight is 299 g/mol. The Morgan fingerprint density at radius 2 is 1.84 bits per heavy atom. The summed E-state index contributed by atoms with van der Waals surface area (Å²) in [5, 5.41) is 10.2. The molecule has 19 heavy (non-hydrogen) atoms. The smallest absolute Gasteiger partial charge is 0.222 e. The van der Waals surface area contributed by atoms with Crippen LogP contribution in [-0.2, 0) is 9.84 Å². The summed E-state index contributed by atoms with van der Waals surface area (Å²) in [6.45, 7) is 0. The second-order valence-corrected chi connectivity index (χ2v) is 6.39. The van der Waals surface area contributed by atoms with Crippen molar-refractivity contribution in [2.75, 3.05) is 6.26 Å². The maximum absolute atomic E-state index is 11.5. The summed E-state index contributed by atoms with van der Waals surface area (Å²) in [7, 11) is -3.31. The standard InChI is InChI=1S/C12H11ClN2O3S/c1-19(17,18)10-4-2-3-8(5-10)11(16)9-6-14-12(13)15-7-9/h2-7,11,16H,1H3. The van der Waals surface area contributed by atoms with E-state index in [1.165, 1.54) is 24.5 Å². The van der Waals surface area contributed by atoms with Crippen LogP contribution in [0.4, 0.5) is 0 Å². The molecule has 0 spiro atoms. The Hall–Kier alpha value is -1.50. The molecule has 0 aliphatic carbocycles. The van der Waals surface area contributed by atoms with Gasteiger partial charge in [0.1, 0.15) is 6.10 Å². The molecule has 0 aliphatic heterocycles. The molecule has 0 saturated heterocycles. The third-order valence-electron chi connectivity index (χ3n) is 2.56. The van der Waals surface area contributed by atoms with Crippen molar-refractivity contribution in [1.82, 2.24) is 9.97 Å². The fourth-order valence-corrected chi connectivity index (χ4v) is 2.34. The van der Waals surface area contributed by atoms with Crippen LogP contribution >= 0.6 is 11.6 Å². The summed E-state index contributed by atoms with van der Waals surface area (Å²) in [6, 6.07) is 6.11. The fourth-order valence-electron chi connectivity index (χ4n) is 1.57. The lowest BCUT2D eigenvalue weighted by atomic mass is 10.0. The van der Waals surface area contributed by atoms with Crippen LogP contribution in [0.15, 0.2) is 41.6 Å². The van der Waals surface area contributed by atoms with Crippen LogP contribution in [0.2, 0.25) is 5.28 Å². The van der Waals surface area contributed by atoms with Crippen LogP contribution < -0.4 is 0 Å². The second kappa shape index (κ2) is 5.24. The number of halogens is 1. The van der Waals surface area contributed by atoms with Gasteiger partial charge >= 0.3 is 0 Å². The van der Waals surface area contributed by atoms with Crippen molar-refractivity contribution in [3.63, 3.8) is 0 Å². The largest absolute Gasteiger partial charge is 0.384 e. The van der Waals surface area contributed by atoms with Gasteiger partial charge in [-0.1, -0.05) is 12.1 Å². The second-order valence-electron chi connectivity index (χ2n) is 4.03. The minimum atomic E-state index is -3.31. The highest BCUT2D eigenvalue weighted by Crippen LogP contribution is 2.23. The van der Waals surface area contributed by atoms with Gasteiger partial charge in [0.05, 0.1) is 4.90 Å². The molecule has 7 heteroatoms. The molecule has 1 N–H and O–H groups in total. The molecule has 1 heterocycles. The lowest BCUT2D eigenvalue weighted by Crippen LogP contribution is -2.04. The number of aromatic nitrogens is 2. The number of hydrogen-bond acceptors (Lipinski definition) is 5. The van der Waals surface area contributed by atoms with E-state index < -0.39 is 15.9 Å². The Morgan fingerprint density at radius 3 is 2.42 bits per heavy atom. The number of benzene rings is 1. The summed E-state index contributed by atoms with van der Waals surface area (Å²) < 4.78 is 22.9. The quantitative estimate of drug-likeness (QED) is 0.871. The first kappa shape index (κ1) is 13.9. The monoisotopic (exact) mass is 298 g/mol. The van der Waals surface area contributed by atoms with Gasteiger partial charge in [0.25, 0.3) is 0 Å². The molecule has 1 atom stereocenters. The minimum Gasteiger partial charge on any atom is -0.384 e. The molecule has 0 bridgehead atoms. The van der Waals surface area contributed by atoms with Gasteiger partial charge in [-0.25, -0.2) is 18.4 Å². The summed E-state index contributed by atoms with van der Waals surface area (Å²) >= 11 is 5.56. The third-order valence-corrected chi connectivity index (χ3v) is 3.86. The lowest BCUT2D eigenvalue weighted by molar-refractivity contribution is 0.219. The van der Waals surface area contributed by atoms with E-state index in [0.717, 1.165) is 6.26 Å². The van der Waals surface area contributed by atoms with Gasteiger partial charge in [0.2, 0.25) is 5.28 Å². The van der Waals surface area contributed by atoms with E-state index in [4.69, 9.17) is 11.6 Å². The predicted molar refractivity (Wildman–Crippen MR) is 70.7 cm³/mol.